The van der Waals surface area contributed by atoms with E-state index >= 15 is 0 Å². The van der Waals surface area contributed by atoms with Crippen LogP contribution in [0.25, 0.3) is 0 Å². The molecule has 0 saturated carbocycles. The van der Waals surface area contributed by atoms with Crippen LogP contribution in [0.4, 0.5) is 13.6 Å². The number of ether oxygens (including phenoxy) is 1. The third-order valence-corrected chi connectivity index (χ3v) is 4.25. The molecule has 0 radical (unpaired) electrons. The first-order valence-corrected chi connectivity index (χ1v) is 8.16. The minimum Gasteiger partial charge on any atom is -0.434 e. The predicted octanol–water partition coefficient (Wildman–Crippen LogP) is 2.51. The summed E-state index contributed by atoms with van der Waals surface area (Å²) in [5, 5.41) is 0. The van der Waals surface area contributed by atoms with Gasteiger partial charge in [0.1, 0.15) is 5.75 Å². The van der Waals surface area contributed by atoms with E-state index in [2.05, 4.69) is 4.74 Å². The summed E-state index contributed by atoms with van der Waals surface area (Å²) >= 11 is 0. The largest absolute Gasteiger partial charge is 0.434 e. The number of hydrogen-bond donors (Lipinski definition) is 0. The number of para-hydroxylation sites is 1. The quantitative estimate of drug-likeness (QED) is 0.834. The van der Waals surface area contributed by atoms with E-state index in [0.29, 0.717) is 26.2 Å². The number of benzene rings is 1. The van der Waals surface area contributed by atoms with Crippen LogP contribution in [0.15, 0.2) is 24.3 Å². The number of amides is 3. The Hall–Kier alpha value is -2.38. The van der Waals surface area contributed by atoms with E-state index in [-0.39, 0.29) is 29.3 Å². The van der Waals surface area contributed by atoms with Gasteiger partial charge in [0.15, 0.2) is 0 Å². The fourth-order valence-electron chi connectivity index (χ4n) is 2.56. The van der Waals surface area contributed by atoms with Crippen LogP contribution in [0.1, 0.15) is 24.2 Å². The molecule has 1 fully saturated rings. The van der Waals surface area contributed by atoms with Crippen LogP contribution in [0.3, 0.4) is 0 Å². The molecule has 25 heavy (non-hydrogen) atoms. The zero-order chi connectivity index (χ0) is 18.6. The van der Waals surface area contributed by atoms with Crippen LogP contribution in [0, 0.1) is 0 Å². The molecule has 0 aromatic heterocycles. The molecule has 8 heteroatoms. The second kappa shape index (κ2) is 8.13. The number of carbonyl (C=O) groups excluding carboxylic acids is 2. The zero-order valence-corrected chi connectivity index (χ0v) is 14.6. The highest BCUT2D eigenvalue weighted by Gasteiger charge is 2.28. The Bertz CT molecular complexity index is 617. The van der Waals surface area contributed by atoms with Gasteiger partial charge in [-0.05, 0) is 26.0 Å². The molecule has 0 atom stereocenters. The molecule has 1 saturated heterocycles. The monoisotopic (exact) mass is 355 g/mol. The van der Waals surface area contributed by atoms with Crippen LogP contribution in [0.5, 0.6) is 5.75 Å². The molecular formula is C17H23F2N3O3. The Morgan fingerprint density at radius 3 is 2.20 bits per heavy atom. The van der Waals surface area contributed by atoms with Gasteiger partial charge >= 0.3 is 12.6 Å². The number of urea groups is 1. The first-order chi connectivity index (χ1) is 11.8. The van der Waals surface area contributed by atoms with Gasteiger partial charge in [0, 0.05) is 39.3 Å². The first-order valence-electron chi connectivity index (χ1n) is 8.16. The molecular weight excluding hydrogens is 332 g/mol. The van der Waals surface area contributed by atoms with Gasteiger partial charge in [0.05, 0.1) is 5.56 Å². The summed E-state index contributed by atoms with van der Waals surface area (Å²) < 4.78 is 29.4. The number of nitrogens with zero attached hydrogens (tertiary/aromatic N) is 3. The number of hydrogen-bond acceptors (Lipinski definition) is 3. The second-order valence-electron chi connectivity index (χ2n) is 6.14. The maximum absolute atomic E-state index is 12.6. The number of rotatable bonds is 4. The number of alkyl halides is 2. The van der Waals surface area contributed by atoms with Crippen molar-refractivity contribution in [3.63, 3.8) is 0 Å². The first kappa shape index (κ1) is 19.0. The molecule has 1 aromatic rings. The minimum absolute atomic E-state index is 0.0801. The third kappa shape index (κ3) is 4.58. The molecule has 0 aliphatic carbocycles. The van der Waals surface area contributed by atoms with Crippen molar-refractivity contribution in [2.45, 2.75) is 26.5 Å². The average Bonchev–Trinajstić information content (AvgIpc) is 2.60. The van der Waals surface area contributed by atoms with Crippen molar-refractivity contribution >= 4 is 11.9 Å². The Balaban J connectivity index is 2.01. The minimum atomic E-state index is -2.99. The third-order valence-electron chi connectivity index (χ3n) is 4.25. The number of carbonyl (C=O) groups is 2. The molecule has 2 rings (SSSR count). The van der Waals surface area contributed by atoms with Gasteiger partial charge in [0.2, 0.25) is 0 Å². The van der Waals surface area contributed by atoms with E-state index in [1.807, 2.05) is 13.8 Å². The SMILES string of the molecule is CC(C)N(C)C(=O)N1CCN(C(=O)c2ccccc2OC(F)F)CC1. The summed E-state index contributed by atoms with van der Waals surface area (Å²) in [6.07, 6.45) is 0. The van der Waals surface area contributed by atoms with E-state index < -0.39 is 6.61 Å². The van der Waals surface area contributed by atoms with Crippen LogP contribution in [0.2, 0.25) is 0 Å². The summed E-state index contributed by atoms with van der Waals surface area (Å²) in [7, 11) is 1.74. The van der Waals surface area contributed by atoms with Crippen molar-refractivity contribution in [1.82, 2.24) is 14.7 Å². The standard InChI is InChI=1S/C17H23F2N3O3/c1-12(2)20(3)17(24)22-10-8-21(9-11-22)15(23)13-6-4-5-7-14(13)25-16(18)19/h4-7,12,16H,8-11H2,1-3H3. The van der Waals surface area contributed by atoms with Gasteiger partial charge in [-0.3, -0.25) is 4.79 Å². The fourth-order valence-corrected chi connectivity index (χ4v) is 2.56. The molecule has 1 aliphatic heterocycles. The van der Waals surface area contributed by atoms with Crippen molar-refractivity contribution in [1.29, 1.82) is 0 Å². The molecule has 6 nitrogen and oxygen atoms in total. The fraction of sp³-hybridized carbons (Fsp3) is 0.529. The molecule has 0 bridgehead atoms. The lowest BCUT2D eigenvalue weighted by Crippen LogP contribution is -2.54. The number of halogens is 2. The lowest BCUT2D eigenvalue weighted by Gasteiger charge is -2.37. The van der Waals surface area contributed by atoms with Gasteiger partial charge in [-0.2, -0.15) is 8.78 Å². The second-order valence-corrected chi connectivity index (χ2v) is 6.14. The van der Waals surface area contributed by atoms with E-state index in [0.717, 1.165) is 0 Å². The van der Waals surface area contributed by atoms with E-state index in [9.17, 15) is 18.4 Å². The van der Waals surface area contributed by atoms with Gasteiger partial charge < -0.3 is 19.4 Å². The van der Waals surface area contributed by atoms with Gasteiger partial charge in [-0.25, -0.2) is 4.79 Å². The highest BCUT2D eigenvalue weighted by atomic mass is 19.3. The summed E-state index contributed by atoms with van der Waals surface area (Å²) in [5.41, 5.74) is 0.0990. The average molecular weight is 355 g/mol. The van der Waals surface area contributed by atoms with Crippen molar-refractivity contribution < 1.29 is 23.1 Å². The maximum Gasteiger partial charge on any atom is 0.387 e. The topological polar surface area (TPSA) is 53.1 Å². The molecule has 1 aliphatic rings. The van der Waals surface area contributed by atoms with E-state index in [1.165, 1.54) is 18.2 Å². The normalized spacial score (nSPS) is 14.8. The highest BCUT2D eigenvalue weighted by molar-refractivity contribution is 5.97. The van der Waals surface area contributed by atoms with Crippen LogP contribution in [-0.2, 0) is 0 Å². The molecule has 0 spiro atoms. The molecule has 3 amide bonds. The lowest BCUT2D eigenvalue weighted by molar-refractivity contribution is -0.0503. The molecule has 1 aromatic carbocycles. The highest BCUT2D eigenvalue weighted by Crippen LogP contribution is 2.22. The van der Waals surface area contributed by atoms with E-state index in [1.54, 1.807) is 27.8 Å². The van der Waals surface area contributed by atoms with Crippen molar-refractivity contribution in [3.8, 4) is 5.75 Å². The zero-order valence-electron chi connectivity index (χ0n) is 14.6. The predicted molar refractivity (Wildman–Crippen MR) is 88.8 cm³/mol. The van der Waals surface area contributed by atoms with Gasteiger partial charge in [0.25, 0.3) is 5.91 Å². The Morgan fingerprint density at radius 1 is 1.08 bits per heavy atom. The smallest absolute Gasteiger partial charge is 0.387 e. The molecule has 138 valence electrons. The van der Waals surface area contributed by atoms with Gasteiger partial charge in [-0.15, -0.1) is 0 Å². The van der Waals surface area contributed by atoms with Gasteiger partial charge in [-0.1, -0.05) is 12.1 Å². The molecule has 1 heterocycles. The Morgan fingerprint density at radius 2 is 1.64 bits per heavy atom. The van der Waals surface area contributed by atoms with Crippen molar-refractivity contribution in [2.24, 2.45) is 0 Å². The summed E-state index contributed by atoms with van der Waals surface area (Å²) in [6, 6.07) is 5.95. The Kier molecular flexibility index (Phi) is 6.17. The van der Waals surface area contributed by atoms with Crippen LogP contribution in [-0.4, -0.2) is 72.5 Å². The van der Waals surface area contributed by atoms with Crippen LogP contribution < -0.4 is 4.74 Å². The number of piperazine rings is 1. The molecule has 0 N–H and O–H groups in total. The molecule has 0 unspecified atom stereocenters. The van der Waals surface area contributed by atoms with E-state index in [4.69, 9.17) is 0 Å². The summed E-state index contributed by atoms with van der Waals surface area (Å²) in [6.45, 7) is 2.36. The lowest BCUT2D eigenvalue weighted by atomic mass is 10.1. The van der Waals surface area contributed by atoms with Crippen LogP contribution >= 0.6 is 0 Å². The van der Waals surface area contributed by atoms with Crippen molar-refractivity contribution in [2.75, 3.05) is 33.2 Å². The maximum atomic E-state index is 12.6. The summed E-state index contributed by atoms with van der Waals surface area (Å²) in [4.78, 5) is 29.8. The summed E-state index contributed by atoms with van der Waals surface area (Å²) in [5.74, 6) is -0.513. The van der Waals surface area contributed by atoms with Crippen molar-refractivity contribution in [3.05, 3.63) is 29.8 Å². The Labute approximate surface area is 145 Å².